The van der Waals surface area contributed by atoms with Crippen LogP contribution in [0.2, 0.25) is 5.02 Å². The van der Waals surface area contributed by atoms with Gasteiger partial charge in [-0.1, -0.05) is 35.9 Å². The van der Waals surface area contributed by atoms with E-state index in [0.29, 0.717) is 20.7 Å². The second-order valence-electron chi connectivity index (χ2n) is 5.57. The van der Waals surface area contributed by atoms with E-state index in [9.17, 15) is 18.3 Å². The number of carboxylic acid groups (broad SMARTS) is 1. The van der Waals surface area contributed by atoms with Crippen LogP contribution >= 0.6 is 34.7 Å². The summed E-state index contributed by atoms with van der Waals surface area (Å²) in [5.74, 6) is -1.40. The van der Waals surface area contributed by atoms with E-state index in [-0.39, 0.29) is 26.3 Å². The lowest BCUT2D eigenvalue weighted by Crippen LogP contribution is -2.12. The highest BCUT2D eigenvalue weighted by Gasteiger charge is 2.21. The Kier molecular flexibility index (Phi) is 5.57. The predicted molar refractivity (Wildman–Crippen MR) is 109 cm³/mol. The number of phenols is 1. The monoisotopic (exact) mass is 443 g/mol. The van der Waals surface area contributed by atoms with E-state index in [2.05, 4.69) is 4.72 Å². The molecule has 0 aliphatic carbocycles. The zero-order chi connectivity index (χ0) is 19.8. The predicted octanol–water partition coefficient (Wildman–Crippen LogP) is 4.55. The Hall–Kier alpha value is -1.94. The molecule has 1 heterocycles. The average Bonchev–Trinajstić information content (AvgIpc) is 2.96. The molecule has 6 nitrogen and oxygen atoms in total. The SMILES string of the molecule is Cc1sc(S(=O)(=O)Nc2cc(SCC(=O)O)c(O)c3ccccc23)cc1Cl. The molecule has 0 saturated heterocycles. The number of nitrogens with one attached hydrogen (secondary N) is 1. The first kappa shape index (κ1) is 19.8. The van der Waals surface area contributed by atoms with Crippen molar-refractivity contribution in [1.82, 2.24) is 0 Å². The van der Waals surface area contributed by atoms with E-state index in [1.165, 1.54) is 12.1 Å². The largest absolute Gasteiger partial charge is 0.506 e. The number of fused-ring (bicyclic) bond motifs is 1. The van der Waals surface area contributed by atoms with Crippen LogP contribution < -0.4 is 4.72 Å². The molecule has 0 unspecified atom stereocenters. The summed E-state index contributed by atoms with van der Waals surface area (Å²) in [7, 11) is -3.89. The van der Waals surface area contributed by atoms with Crippen molar-refractivity contribution in [2.24, 2.45) is 0 Å². The number of aromatic hydroxyl groups is 1. The van der Waals surface area contributed by atoms with Gasteiger partial charge in [0.1, 0.15) is 9.96 Å². The summed E-state index contributed by atoms with van der Waals surface area (Å²) in [5, 5.41) is 20.6. The lowest BCUT2D eigenvalue weighted by Gasteiger charge is -2.14. The van der Waals surface area contributed by atoms with Gasteiger partial charge in [0.05, 0.1) is 21.4 Å². The number of aryl methyl sites for hydroxylation is 1. The molecule has 142 valence electrons. The average molecular weight is 444 g/mol. The van der Waals surface area contributed by atoms with Gasteiger partial charge >= 0.3 is 5.97 Å². The molecule has 3 aromatic rings. The fourth-order valence-corrected chi connectivity index (χ4v) is 5.92. The number of carbonyl (C=O) groups is 1. The number of benzene rings is 2. The molecule has 0 spiro atoms. The number of rotatable bonds is 6. The first-order chi connectivity index (χ1) is 12.7. The van der Waals surface area contributed by atoms with E-state index in [1.807, 2.05) is 0 Å². The normalized spacial score (nSPS) is 11.6. The Morgan fingerprint density at radius 2 is 1.93 bits per heavy atom. The van der Waals surface area contributed by atoms with Gasteiger partial charge < -0.3 is 10.2 Å². The maximum absolute atomic E-state index is 12.8. The Morgan fingerprint density at radius 1 is 1.26 bits per heavy atom. The molecule has 0 bridgehead atoms. The third kappa shape index (κ3) is 4.16. The zero-order valence-corrected chi connectivity index (χ0v) is 17.1. The van der Waals surface area contributed by atoms with Crippen LogP contribution in [0.1, 0.15) is 4.88 Å². The first-order valence-corrected chi connectivity index (χ1v) is 11.2. The van der Waals surface area contributed by atoms with E-state index in [0.717, 1.165) is 23.1 Å². The van der Waals surface area contributed by atoms with Crippen molar-refractivity contribution < 1.29 is 23.4 Å². The maximum Gasteiger partial charge on any atom is 0.313 e. The minimum Gasteiger partial charge on any atom is -0.506 e. The fourth-order valence-electron chi connectivity index (χ4n) is 2.43. The summed E-state index contributed by atoms with van der Waals surface area (Å²) in [6, 6.07) is 9.55. The van der Waals surface area contributed by atoms with Crippen LogP contribution in [0.25, 0.3) is 10.8 Å². The number of thiophene rings is 1. The van der Waals surface area contributed by atoms with Crippen LogP contribution in [0.3, 0.4) is 0 Å². The highest BCUT2D eigenvalue weighted by atomic mass is 35.5. The molecule has 0 amide bonds. The lowest BCUT2D eigenvalue weighted by atomic mass is 10.1. The van der Waals surface area contributed by atoms with E-state index in [4.69, 9.17) is 16.7 Å². The van der Waals surface area contributed by atoms with Crippen molar-refractivity contribution in [2.75, 3.05) is 10.5 Å². The molecule has 10 heteroatoms. The summed E-state index contributed by atoms with van der Waals surface area (Å²) < 4.78 is 28.1. The fraction of sp³-hybridized carbons (Fsp3) is 0.118. The van der Waals surface area contributed by atoms with E-state index in [1.54, 1.807) is 31.2 Å². The van der Waals surface area contributed by atoms with Gasteiger partial charge in [-0.15, -0.1) is 23.1 Å². The molecule has 3 N–H and O–H groups in total. The number of hydrogen-bond donors (Lipinski definition) is 3. The molecule has 0 saturated carbocycles. The van der Waals surface area contributed by atoms with E-state index < -0.39 is 16.0 Å². The summed E-state index contributed by atoms with van der Waals surface area (Å²) in [6.07, 6.45) is 0. The number of hydrogen-bond acceptors (Lipinski definition) is 6. The van der Waals surface area contributed by atoms with Crippen molar-refractivity contribution in [2.45, 2.75) is 16.0 Å². The van der Waals surface area contributed by atoms with Crippen LogP contribution in [0.15, 0.2) is 45.5 Å². The van der Waals surface area contributed by atoms with Crippen molar-refractivity contribution in [3.8, 4) is 5.75 Å². The summed E-state index contributed by atoms with van der Waals surface area (Å²) in [4.78, 5) is 11.8. The topological polar surface area (TPSA) is 104 Å². The lowest BCUT2D eigenvalue weighted by molar-refractivity contribution is -0.133. The molecule has 3 rings (SSSR count). The summed E-state index contributed by atoms with van der Waals surface area (Å²) in [6.45, 7) is 1.72. The minimum atomic E-state index is -3.89. The number of thioether (sulfide) groups is 1. The highest BCUT2D eigenvalue weighted by molar-refractivity contribution is 8.00. The van der Waals surface area contributed by atoms with Crippen LogP contribution in [0.4, 0.5) is 5.69 Å². The number of carboxylic acids is 1. The molecule has 27 heavy (non-hydrogen) atoms. The van der Waals surface area contributed by atoms with Crippen LogP contribution in [0.5, 0.6) is 5.75 Å². The Balaban J connectivity index is 2.09. The molecule has 0 aliphatic rings. The number of anilines is 1. The Bertz CT molecular complexity index is 1120. The minimum absolute atomic E-state index is 0.0712. The Labute approximate surface area is 168 Å². The van der Waals surface area contributed by atoms with Crippen molar-refractivity contribution >= 4 is 67.2 Å². The van der Waals surface area contributed by atoms with Crippen LogP contribution in [-0.4, -0.2) is 30.4 Å². The second-order valence-corrected chi connectivity index (χ2v) is 10.2. The van der Waals surface area contributed by atoms with Gasteiger partial charge in [-0.2, -0.15) is 0 Å². The smallest absolute Gasteiger partial charge is 0.313 e. The molecule has 2 aromatic carbocycles. The van der Waals surface area contributed by atoms with Crippen molar-refractivity contribution in [3.05, 3.63) is 46.3 Å². The number of phenolic OH excluding ortho intramolecular Hbond substituents is 1. The van der Waals surface area contributed by atoms with E-state index >= 15 is 0 Å². The van der Waals surface area contributed by atoms with Crippen LogP contribution in [0, 0.1) is 6.92 Å². The second kappa shape index (κ2) is 7.59. The number of sulfonamides is 1. The summed E-state index contributed by atoms with van der Waals surface area (Å²) >= 11 is 7.94. The number of halogens is 1. The maximum atomic E-state index is 12.8. The van der Waals surface area contributed by atoms with Gasteiger partial charge in [-0.25, -0.2) is 8.42 Å². The molecular weight excluding hydrogens is 430 g/mol. The van der Waals surface area contributed by atoms with Gasteiger partial charge in [-0.05, 0) is 19.1 Å². The third-order valence-electron chi connectivity index (χ3n) is 3.68. The molecule has 0 atom stereocenters. The molecule has 0 fully saturated rings. The standard InChI is InChI=1S/C17H14ClNO5S3/c1-9-12(18)6-16(26-9)27(23,24)19-13-7-14(25-8-15(20)21)17(22)11-5-3-2-4-10(11)13/h2-7,19,22H,8H2,1H3,(H,20,21). The molecule has 1 aromatic heterocycles. The molecule has 0 radical (unpaired) electrons. The van der Waals surface area contributed by atoms with Gasteiger partial charge in [0, 0.05) is 15.6 Å². The van der Waals surface area contributed by atoms with Gasteiger partial charge in [0.25, 0.3) is 10.0 Å². The van der Waals surface area contributed by atoms with Crippen molar-refractivity contribution in [1.29, 1.82) is 0 Å². The molecular formula is C17H14ClNO5S3. The summed E-state index contributed by atoms with van der Waals surface area (Å²) in [5.41, 5.74) is 0.249. The highest BCUT2D eigenvalue weighted by Crippen LogP contribution is 2.41. The van der Waals surface area contributed by atoms with Gasteiger partial charge in [0.2, 0.25) is 0 Å². The third-order valence-corrected chi connectivity index (χ3v) is 8.08. The van der Waals surface area contributed by atoms with Crippen molar-refractivity contribution in [3.63, 3.8) is 0 Å². The van der Waals surface area contributed by atoms with Gasteiger partial charge in [-0.3, -0.25) is 9.52 Å². The first-order valence-electron chi connectivity index (χ1n) is 7.57. The van der Waals surface area contributed by atoms with Crippen LogP contribution in [-0.2, 0) is 14.8 Å². The van der Waals surface area contributed by atoms with Gasteiger partial charge in [0.15, 0.2) is 0 Å². The number of aliphatic carboxylic acids is 1. The molecule has 0 aliphatic heterocycles. The Morgan fingerprint density at radius 3 is 2.52 bits per heavy atom. The zero-order valence-electron chi connectivity index (χ0n) is 13.9. The quantitative estimate of drug-likeness (QED) is 0.381.